The normalized spacial score (nSPS) is 11.9. The Hall–Kier alpha value is -1.01. The molecule has 1 aromatic carbocycles. The van der Waals surface area contributed by atoms with Crippen LogP contribution in [0.25, 0.3) is 0 Å². The number of benzene rings is 1. The fourth-order valence-corrected chi connectivity index (χ4v) is 1.95. The number of hydrogen-bond donors (Lipinski definition) is 1. The van der Waals surface area contributed by atoms with Gasteiger partial charge in [-0.15, -0.1) is 0 Å². The van der Waals surface area contributed by atoms with E-state index in [4.69, 9.17) is 5.26 Å². The van der Waals surface area contributed by atoms with Crippen LogP contribution in [-0.2, 0) is 0 Å². The fraction of sp³-hybridized carbons (Fsp3) is 0.417. The van der Waals surface area contributed by atoms with Crippen molar-refractivity contribution in [2.24, 2.45) is 0 Å². The van der Waals surface area contributed by atoms with Gasteiger partial charge in [-0.05, 0) is 47.5 Å². The lowest BCUT2D eigenvalue weighted by molar-refractivity contribution is 0.690. The molecule has 1 rings (SSSR count). The van der Waals surface area contributed by atoms with Gasteiger partial charge in [0.2, 0.25) is 0 Å². The molecule has 0 aliphatic heterocycles. The number of nitrogens with zero attached hydrogens (tertiary/aromatic N) is 1. The number of halogens is 1. The number of nitrogens with one attached hydrogen (secondary N) is 1. The summed E-state index contributed by atoms with van der Waals surface area (Å²) in [5.74, 6) is 0. The Morgan fingerprint density at radius 2 is 2.27 bits per heavy atom. The number of anilines is 1. The van der Waals surface area contributed by atoms with Crippen LogP contribution in [0.15, 0.2) is 22.7 Å². The molecule has 0 aliphatic rings. The number of rotatable bonds is 4. The molecule has 0 radical (unpaired) electrons. The van der Waals surface area contributed by atoms with Crippen LogP contribution in [0.3, 0.4) is 0 Å². The van der Waals surface area contributed by atoms with Gasteiger partial charge in [-0.1, -0.05) is 13.3 Å². The van der Waals surface area contributed by atoms with E-state index in [1.165, 1.54) is 6.42 Å². The SMILES string of the molecule is CCCC(C)Nc1ccc(C#N)c(Br)c1. The van der Waals surface area contributed by atoms with Gasteiger partial charge in [0.15, 0.2) is 0 Å². The molecule has 1 atom stereocenters. The Balaban J connectivity index is 2.72. The zero-order valence-corrected chi connectivity index (χ0v) is 10.6. The summed E-state index contributed by atoms with van der Waals surface area (Å²) < 4.78 is 0.846. The van der Waals surface area contributed by atoms with Gasteiger partial charge in [-0.25, -0.2) is 0 Å². The highest BCUT2D eigenvalue weighted by atomic mass is 79.9. The molecule has 3 heteroatoms. The Kier molecular flexibility index (Phi) is 4.64. The van der Waals surface area contributed by atoms with E-state index in [-0.39, 0.29) is 0 Å². The Bertz CT molecular complexity index is 368. The summed E-state index contributed by atoms with van der Waals surface area (Å²) in [6.45, 7) is 4.34. The summed E-state index contributed by atoms with van der Waals surface area (Å²) >= 11 is 3.37. The predicted molar refractivity (Wildman–Crippen MR) is 66.8 cm³/mol. The minimum Gasteiger partial charge on any atom is -0.383 e. The summed E-state index contributed by atoms with van der Waals surface area (Å²) in [5, 5.41) is 12.2. The van der Waals surface area contributed by atoms with Crippen LogP contribution >= 0.6 is 15.9 Å². The monoisotopic (exact) mass is 266 g/mol. The second-order valence-corrected chi connectivity index (χ2v) is 4.49. The molecule has 0 bridgehead atoms. The molecule has 0 heterocycles. The van der Waals surface area contributed by atoms with Crippen molar-refractivity contribution in [3.05, 3.63) is 28.2 Å². The van der Waals surface area contributed by atoms with E-state index in [1.807, 2.05) is 18.2 Å². The van der Waals surface area contributed by atoms with Crippen molar-refractivity contribution in [2.75, 3.05) is 5.32 Å². The van der Waals surface area contributed by atoms with E-state index in [0.717, 1.165) is 16.6 Å². The van der Waals surface area contributed by atoms with E-state index >= 15 is 0 Å². The third-order valence-corrected chi connectivity index (χ3v) is 2.88. The van der Waals surface area contributed by atoms with E-state index in [2.05, 4.69) is 41.2 Å². The Morgan fingerprint density at radius 1 is 1.53 bits per heavy atom. The first kappa shape index (κ1) is 12.1. The standard InChI is InChI=1S/C12H15BrN2/c1-3-4-9(2)15-11-6-5-10(8-14)12(13)7-11/h5-7,9,15H,3-4H2,1-2H3. The van der Waals surface area contributed by atoms with Crippen LogP contribution in [0.5, 0.6) is 0 Å². The van der Waals surface area contributed by atoms with E-state index in [0.29, 0.717) is 11.6 Å². The summed E-state index contributed by atoms with van der Waals surface area (Å²) in [4.78, 5) is 0. The first-order valence-corrected chi connectivity index (χ1v) is 5.93. The molecule has 15 heavy (non-hydrogen) atoms. The minimum atomic E-state index is 0.467. The van der Waals surface area contributed by atoms with Gasteiger partial charge in [0, 0.05) is 16.2 Å². The number of nitriles is 1. The van der Waals surface area contributed by atoms with E-state index in [9.17, 15) is 0 Å². The molecule has 1 N–H and O–H groups in total. The van der Waals surface area contributed by atoms with E-state index < -0.39 is 0 Å². The third kappa shape index (κ3) is 3.56. The topological polar surface area (TPSA) is 35.8 Å². The van der Waals surface area contributed by atoms with Gasteiger partial charge in [-0.3, -0.25) is 0 Å². The molecule has 1 unspecified atom stereocenters. The molecule has 0 spiro atoms. The summed E-state index contributed by atoms with van der Waals surface area (Å²) in [6.07, 6.45) is 2.32. The molecule has 0 amide bonds. The largest absolute Gasteiger partial charge is 0.383 e. The van der Waals surface area contributed by atoms with Crippen molar-refractivity contribution >= 4 is 21.6 Å². The first-order valence-electron chi connectivity index (χ1n) is 5.13. The molecular formula is C12H15BrN2. The van der Waals surface area contributed by atoms with Gasteiger partial charge >= 0.3 is 0 Å². The van der Waals surface area contributed by atoms with Crippen LogP contribution in [-0.4, -0.2) is 6.04 Å². The van der Waals surface area contributed by atoms with Crippen molar-refractivity contribution in [3.8, 4) is 6.07 Å². The van der Waals surface area contributed by atoms with Crippen LogP contribution in [0.2, 0.25) is 0 Å². The second kappa shape index (κ2) is 5.77. The van der Waals surface area contributed by atoms with Crippen molar-refractivity contribution in [1.82, 2.24) is 0 Å². The maximum Gasteiger partial charge on any atom is 0.100 e. The van der Waals surface area contributed by atoms with Crippen molar-refractivity contribution < 1.29 is 0 Å². The molecule has 0 aromatic heterocycles. The Morgan fingerprint density at radius 3 is 2.80 bits per heavy atom. The smallest absolute Gasteiger partial charge is 0.100 e. The quantitative estimate of drug-likeness (QED) is 0.897. The fourth-order valence-electron chi connectivity index (χ4n) is 1.49. The zero-order valence-electron chi connectivity index (χ0n) is 9.05. The maximum absolute atomic E-state index is 8.78. The molecule has 0 fully saturated rings. The average Bonchev–Trinajstić information content (AvgIpc) is 2.18. The summed E-state index contributed by atoms with van der Waals surface area (Å²) in [5.41, 5.74) is 1.73. The highest BCUT2D eigenvalue weighted by Gasteiger charge is 2.03. The van der Waals surface area contributed by atoms with Crippen LogP contribution in [0.4, 0.5) is 5.69 Å². The number of hydrogen-bond acceptors (Lipinski definition) is 2. The maximum atomic E-state index is 8.78. The summed E-state index contributed by atoms with van der Waals surface area (Å²) in [7, 11) is 0. The molecule has 0 aliphatic carbocycles. The second-order valence-electron chi connectivity index (χ2n) is 3.64. The molecule has 1 aromatic rings. The Labute approximate surface area is 99.4 Å². The van der Waals surface area contributed by atoms with Gasteiger partial charge in [0.1, 0.15) is 6.07 Å². The predicted octanol–water partition coefficient (Wildman–Crippen LogP) is 3.92. The van der Waals surface area contributed by atoms with E-state index in [1.54, 1.807) is 0 Å². The summed E-state index contributed by atoms with van der Waals surface area (Å²) in [6, 6.07) is 8.31. The third-order valence-electron chi connectivity index (χ3n) is 2.22. The highest BCUT2D eigenvalue weighted by Crippen LogP contribution is 2.21. The lowest BCUT2D eigenvalue weighted by Crippen LogP contribution is -2.14. The van der Waals surface area contributed by atoms with Crippen molar-refractivity contribution in [3.63, 3.8) is 0 Å². The molecule has 0 saturated carbocycles. The highest BCUT2D eigenvalue weighted by molar-refractivity contribution is 9.10. The van der Waals surface area contributed by atoms with Gasteiger partial charge < -0.3 is 5.32 Å². The van der Waals surface area contributed by atoms with Crippen molar-refractivity contribution in [1.29, 1.82) is 5.26 Å². The minimum absolute atomic E-state index is 0.467. The lowest BCUT2D eigenvalue weighted by Gasteiger charge is -2.14. The van der Waals surface area contributed by atoms with Crippen LogP contribution in [0.1, 0.15) is 32.3 Å². The first-order chi connectivity index (χ1) is 7.17. The molecule has 2 nitrogen and oxygen atoms in total. The van der Waals surface area contributed by atoms with Gasteiger partial charge in [0.25, 0.3) is 0 Å². The molecular weight excluding hydrogens is 252 g/mol. The average molecular weight is 267 g/mol. The van der Waals surface area contributed by atoms with Crippen molar-refractivity contribution in [2.45, 2.75) is 32.7 Å². The lowest BCUT2D eigenvalue weighted by atomic mass is 10.1. The molecule has 0 saturated heterocycles. The van der Waals surface area contributed by atoms with Gasteiger partial charge in [0.05, 0.1) is 5.56 Å². The van der Waals surface area contributed by atoms with Crippen LogP contribution in [0, 0.1) is 11.3 Å². The van der Waals surface area contributed by atoms with Crippen LogP contribution < -0.4 is 5.32 Å². The van der Waals surface area contributed by atoms with Gasteiger partial charge in [-0.2, -0.15) is 5.26 Å². The molecule has 80 valence electrons. The zero-order chi connectivity index (χ0) is 11.3.